The number of nitrogens with zero attached hydrogens (tertiary/aromatic N) is 1. The summed E-state index contributed by atoms with van der Waals surface area (Å²) in [5, 5.41) is 3.25. The summed E-state index contributed by atoms with van der Waals surface area (Å²) < 4.78 is 0. The predicted molar refractivity (Wildman–Crippen MR) is 81.6 cm³/mol. The largest absolute Gasteiger partial charge is 0.353 e. The van der Waals surface area contributed by atoms with Crippen LogP contribution < -0.4 is 5.32 Å². The van der Waals surface area contributed by atoms with Gasteiger partial charge in [-0.1, -0.05) is 6.92 Å². The molecule has 3 aliphatic rings. The van der Waals surface area contributed by atoms with Crippen molar-refractivity contribution < 1.29 is 9.59 Å². The Bertz CT molecular complexity index is 390. The highest BCUT2D eigenvalue weighted by atomic mass is 16.2. The molecule has 2 amide bonds. The Kier molecular flexibility index (Phi) is 4.51. The van der Waals surface area contributed by atoms with Crippen molar-refractivity contribution in [3.63, 3.8) is 0 Å². The van der Waals surface area contributed by atoms with Gasteiger partial charge in [0.2, 0.25) is 11.8 Å². The Morgan fingerprint density at radius 3 is 2.05 bits per heavy atom. The number of carbonyl (C=O) groups excluding carboxylic acids is 2. The summed E-state index contributed by atoms with van der Waals surface area (Å²) in [6.07, 6.45) is 8.55. The molecule has 0 spiro atoms. The molecular formula is C17H28N2O2. The number of hydrogen-bond donors (Lipinski definition) is 1. The fourth-order valence-electron chi connectivity index (χ4n) is 3.67. The summed E-state index contributed by atoms with van der Waals surface area (Å²) in [6, 6.07) is 0.389. The first-order valence-electron chi connectivity index (χ1n) is 8.72. The Balaban J connectivity index is 1.41. The van der Waals surface area contributed by atoms with E-state index >= 15 is 0 Å². The van der Waals surface area contributed by atoms with Gasteiger partial charge in [-0.2, -0.15) is 0 Å². The van der Waals surface area contributed by atoms with E-state index in [1.165, 1.54) is 12.8 Å². The highest BCUT2D eigenvalue weighted by Gasteiger charge is 2.36. The van der Waals surface area contributed by atoms with Crippen LogP contribution in [0, 0.1) is 17.8 Å². The van der Waals surface area contributed by atoms with Gasteiger partial charge in [-0.25, -0.2) is 0 Å². The van der Waals surface area contributed by atoms with Crippen LogP contribution in [-0.2, 0) is 9.59 Å². The lowest BCUT2D eigenvalue weighted by Gasteiger charge is -2.33. The van der Waals surface area contributed by atoms with Crippen molar-refractivity contribution in [3.05, 3.63) is 0 Å². The maximum absolute atomic E-state index is 12.4. The van der Waals surface area contributed by atoms with E-state index in [0.29, 0.717) is 17.9 Å². The van der Waals surface area contributed by atoms with E-state index in [2.05, 4.69) is 12.2 Å². The minimum atomic E-state index is 0.118. The Morgan fingerprint density at radius 2 is 1.48 bits per heavy atom. The zero-order valence-electron chi connectivity index (χ0n) is 13.1. The molecule has 2 saturated carbocycles. The van der Waals surface area contributed by atoms with E-state index in [-0.39, 0.29) is 11.8 Å². The van der Waals surface area contributed by atoms with Crippen molar-refractivity contribution in [2.75, 3.05) is 13.1 Å². The Morgan fingerprint density at radius 1 is 0.857 bits per heavy atom. The molecule has 0 aromatic rings. The highest BCUT2D eigenvalue weighted by molar-refractivity contribution is 5.82. The molecule has 1 aliphatic heterocycles. The number of hydrogen-bond acceptors (Lipinski definition) is 2. The molecule has 1 heterocycles. The summed E-state index contributed by atoms with van der Waals surface area (Å²) in [7, 11) is 0. The van der Waals surface area contributed by atoms with E-state index in [4.69, 9.17) is 0 Å². The molecule has 3 rings (SSSR count). The average Bonchev–Trinajstić information content (AvgIpc) is 3.34. The van der Waals surface area contributed by atoms with Crippen LogP contribution >= 0.6 is 0 Å². The number of piperidine rings is 1. The first-order chi connectivity index (χ1) is 10.1. The van der Waals surface area contributed by atoms with Crippen LogP contribution in [0.15, 0.2) is 0 Å². The molecule has 118 valence electrons. The van der Waals surface area contributed by atoms with Gasteiger partial charge in [-0.15, -0.1) is 0 Å². The first kappa shape index (κ1) is 14.9. The van der Waals surface area contributed by atoms with Crippen LogP contribution in [0.4, 0.5) is 0 Å². The van der Waals surface area contributed by atoms with Crippen molar-refractivity contribution in [3.8, 4) is 0 Å². The lowest BCUT2D eigenvalue weighted by Crippen LogP contribution is -2.46. The fraction of sp³-hybridized carbons (Fsp3) is 0.882. The van der Waals surface area contributed by atoms with Crippen LogP contribution in [0.1, 0.15) is 58.3 Å². The lowest BCUT2D eigenvalue weighted by atomic mass is 9.86. The van der Waals surface area contributed by atoms with Gasteiger partial charge in [0.1, 0.15) is 0 Å². The molecule has 4 nitrogen and oxygen atoms in total. The smallest absolute Gasteiger partial charge is 0.225 e. The number of carbonyl (C=O) groups is 2. The van der Waals surface area contributed by atoms with Crippen molar-refractivity contribution in [1.82, 2.24) is 10.2 Å². The molecule has 2 aliphatic carbocycles. The summed E-state index contributed by atoms with van der Waals surface area (Å²) in [5.41, 5.74) is 0. The predicted octanol–water partition coefficient (Wildman–Crippen LogP) is 2.33. The van der Waals surface area contributed by atoms with Crippen molar-refractivity contribution in [1.29, 1.82) is 0 Å². The molecule has 3 fully saturated rings. The van der Waals surface area contributed by atoms with Gasteiger partial charge in [-0.3, -0.25) is 9.59 Å². The number of rotatable bonds is 3. The zero-order valence-corrected chi connectivity index (χ0v) is 13.1. The van der Waals surface area contributed by atoms with E-state index in [1.54, 1.807) is 0 Å². The molecule has 21 heavy (non-hydrogen) atoms. The molecule has 0 atom stereocenters. The van der Waals surface area contributed by atoms with Gasteiger partial charge in [0, 0.05) is 31.0 Å². The fourth-order valence-corrected chi connectivity index (χ4v) is 3.67. The lowest BCUT2D eigenvalue weighted by molar-refractivity contribution is -0.136. The van der Waals surface area contributed by atoms with Gasteiger partial charge < -0.3 is 10.2 Å². The minimum Gasteiger partial charge on any atom is -0.353 e. The molecule has 0 aromatic carbocycles. The Hall–Kier alpha value is -1.06. The zero-order chi connectivity index (χ0) is 14.8. The standard InChI is InChI=1S/C17H28N2O2/c1-12-2-6-15(7-3-12)18-16(20)13-8-10-19(11-9-13)17(21)14-4-5-14/h12-15H,2-11H2,1H3,(H,18,20). The van der Waals surface area contributed by atoms with Crippen LogP contribution in [0.25, 0.3) is 0 Å². The van der Waals surface area contributed by atoms with Crippen molar-refractivity contribution in [2.24, 2.45) is 17.8 Å². The summed E-state index contributed by atoms with van der Waals surface area (Å²) in [5.74, 6) is 1.80. The Labute approximate surface area is 127 Å². The van der Waals surface area contributed by atoms with Gasteiger partial charge in [-0.05, 0) is 57.3 Å². The maximum Gasteiger partial charge on any atom is 0.225 e. The first-order valence-corrected chi connectivity index (χ1v) is 8.72. The third-order valence-electron chi connectivity index (χ3n) is 5.47. The number of amides is 2. The molecule has 0 bridgehead atoms. The average molecular weight is 292 g/mol. The summed E-state index contributed by atoms with van der Waals surface area (Å²) in [6.45, 7) is 3.84. The maximum atomic E-state index is 12.4. The normalized spacial score (nSPS) is 31.0. The topological polar surface area (TPSA) is 49.4 Å². The summed E-state index contributed by atoms with van der Waals surface area (Å²) >= 11 is 0. The second-order valence-corrected chi connectivity index (χ2v) is 7.34. The number of nitrogens with one attached hydrogen (secondary N) is 1. The van der Waals surface area contributed by atoms with Crippen LogP contribution in [0.5, 0.6) is 0 Å². The van der Waals surface area contributed by atoms with Crippen molar-refractivity contribution >= 4 is 11.8 Å². The van der Waals surface area contributed by atoms with E-state index in [0.717, 1.165) is 57.5 Å². The molecular weight excluding hydrogens is 264 g/mol. The third-order valence-corrected chi connectivity index (χ3v) is 5.47. The van der Waals surface area contributed by atoms with Crippen LogP contribution in [0.2, 0.25) is 0 Å². The quantitative estimate of drug-likeness (QED) is 0.868. The SMILES string of the molecule is CC1CCC(NC(=O)C2CCN(C(=O)C3CC3)CC2)CC1. The van der Waals surface area contributed by atoms with E-state index in [1.807, 2.05) is 4.90 Å². The molecule has 1 saturated heterocycles. The van der Waals surface area contributed by atoms with Gasteiger partial charge in [0.25, 0.3) is 0 Å². The number of likely N-dealkylation sites (tertiary alicyclic amines) is 1. The van der Waals surface area contributed by atoms with Gasteiger partial charge >= 0.3 is 0 Å². The molecule has 1 N–H and O–H groups in total. The van der Waals surface area contributed by atoms with Gasteiger partial charge in [0.05, 0.1) is 0 Å². The second-order valence-electron chi connectivity index (χ2n) is 7.34. The molecule has 0 radical (unpaired) electrons. The highest BCUT2D eigenvalue weighted by Crippen LogP contribution is 2.32. The molecule has 4 heteroatoms. The summed E-state index contributed by atoms with van der Waals surface area (Å²) in [4.78, 5) is 26.3. The van der Waals surface area contributed by atoms with Gasteiger partial charge in [0.15, 0.2) is 0 Å². The van der Waals surface area contributed by atoms with Crippen LogP contribution in [0.3, 0.4) is 0 Å². The van der Waals surface area contributed by atoms with E-state index in [9.17, 15) is 9.59 Å². The van der Waals surface area contributed by atoms with E-state index < -0.39 is 0 Å². The van der Waals surface area contributed by atoms with Crippen molar-refractivity contribution in [2.45, 2.75) is 64.3 Å². The monoisotopic (exact) mass is 292 g/mol. The minimum absolute atomic E-state index is 0.118. The molecule has 0 aromatic heterocycles. The third kappa shape index (κ3) is 3.78. The second kappa shape index (κ2) is 6.37. The molecule has 0 unspecified atom stereocenters. The van der Waals surface area contributed by atoms with Crippen LogP contribution in [-0.4, -0.2) is 35.8 Å².